The van der Waals surface area contributed by atoms with E-state index in [1.54, 1.807) is 0 Å². The summed E-state index contributed by atoms with van der Waals surface area (Å²) in [6.07, 6.45) is 6.17. The maximum Gasteiger partial charge on any atom is 0.250 e. The van der Waals surface area contributed by atoms with Crippen molar-refractivity contribution in [2.45, 2.75) is 50.7 Å². The molecular weight excluding hydrogens is 278 g/mol. The Bertz CT molecular complexity index is 563. The van der Waals surface area contributed by atoms with Crippen molar-refractivity contribution in [1.29, 1.82) is 0 Å². The first kappa shape index (κ1) is 15.3. The molecular formula is C18H23NO3. The lowest BCUT2D eigenvalue weighted by molar-refractivity contribution is -0.315. The van der Waals surface area contributed by atoms with Crippen molar-refractivity contribution in [3.63, 3.8) is 0 Å². The van der Waals surface area contributed by atoms with E-state index in [1.807, 2.05) is 36.1 Å². The van der Waals surface area contributed by atoms with Crippen LogP contribution in [-0.4, -0.2) is 24.2 Å². The van der Waals surface area contributed by atoms with Crippen molar-refractivity contribution >= 4 is 11.6 Å². The predicted molar refractivity (Wildman–Crippen MR) is 85.5 cm³/mol. The van der Waals surface area contributed by atoms with Gasteiger partial charge in [0, 0.05) is 24.6 Å². The Morgan fingerprint density at radius 1 is 1.41 bits per heavy atom. The van der Waals surface area contributed by atoms with Gasteiger partial charge in [-0.25, -0.2) is 9.78 Å². The van der Waals surface area contributed by atoms with E-state index in [0.29, 0.717) is 6.61 Å². The van der Waals surface area contributed by atoms with E-state index >= 15 is 0 Å². The molecule has 1 amide bonds. The Balaban J connectivity index is 1.91. The zero-order chi connectivity index (χ0) is 15.6. The number of aryl methyl sites for hydroxylation is 1. The van der Waals surface area contributed by atoms with E-state index in [2.05, 4.69) is 6.58 Å². The summed E-state index contributed by atoms with van der Waals surface area (Å²) < 4.78 is 0. The van der Waals surface area contributed by atoms with Gasteiger partial charge in [0.1, 0.15) is 5.60 Å². The highest BCUT2D eigenvalue weighted by atomic mass is 17.2. The van der Waals surface area contributed by atoms with Gasteiger partial charge in [-0.15, -0.1) is 0 Å². The normalized spacial score (nSPS) is 27.8. The second-order valence-corrected chi connectivity index (χ2v) is 6.29. The lowest BCUT2D eigenvalue weighted by Gasteiger charge is -2.41. The van der Waals surface area contributed by atoms with Gasteiger partial charge >= 0.3 is 0 Å². The average molecular weight is 301 g/mol. The molecule has 118 valence electrons. The number of nitrogens with zero attached hydrogens (tertiary/aromatic N) is 1. The monoisotopic (exact) mass is 301 g/mol. The third-order valence-corrected chi connectivity index (χ3v) is 4.81. The van der Waals surface area contributed by atoms with Gasteiger partial charge in [-0.2, -0.15) is 0 Å². The van der Waals surface area contributed by atoms with Crippen LogP contribution in [0, 0.1) is 6.92 Å². The number of carbonyl (C=O) groups is 1. The number of benzene rings is 1. The maximum atomic E-state index is 12.5. The molecule has 0 aromatic heterocycles. The van der Waals surface area contributed by atoms with Crippen molar-refractivity contribution in [3.8, 4) is 0 Å². The van der Waals surface area contributed by atoms with Gasteiger partial charge in [-0.05, 0) is 43.9 Å². The van der Waals surface area contributed by atoms with Crippen molar-refractivity contribution in [2.75, 3.05) is 11.5 Å². The minimum absolute atomic E-state index is 0.0461. The number of para-hydroxylation sites is 1. The number of anilines is 1. The quantitative estimate of drug-likeness (QED) is 0.633. The van der Waals surface area contributed by atoms with Crippen LogP contribution in [0.25, 0.3) is 0 Å². The lowest BCUT2D eigenvalue weighted by atomic mass is 9.79. The fraction of sp³-hybridized carbons (Fsp3) is 0.500. The van der Waals surface area contributed by atoms with Crippen LogP contribution in [0.1, 0.15) is 37.7 Å². The molecule has 1 saturated carbocycles. The highest BCUT2D eigenvalue weighted by molar-refractivity contribution is 6.02. The first-order valence-corrected chi connectivity index (χ1v) is 7.97. The van der Waals surface area contributed by atoms with E-state index in [-0.39, 0.29) is 17.6 Å². The molecule has 1 heterocycles. The number of rotatable bonds is 3. The van der Waals surface area contributed by atoms with Crippen LogP contribution in [-0.2, 0) is 14.6 Å². The van der Waals surface area contributed by atoms with Gasteiger partial charge in [0.15, 0.2) is 0 Å². The molecule has 1 spiro atoms. The standard InChI is InChI=1S/C18H23NO3/c1-3-17(20)19(16-9-5-4-7-14(16)2)15-8-6-10-18(13-15)11-12-21-22-18/h3-5,7,9,15H,1,6,8,10-13H2,2H3. The third-order valence-electron chi connectivity index (χ3n) is 4.81. The van der Waals surface area contributed by atoms with Gasteiger partial charge in [0.25, 0.3) is 5.91 Å². The molecule has 1 saturated heterocycles. The van der Waals surface area contributed by atoms with Gasteiger partial charge in [-0.3, -0.25) is 4.79 Å². The molecule has 1 aliphatic heterocycles. The molecule has 0 radical (unpaired) electrons. The summed E-state index contributed by atoms with van der Waals surface area (Å²) in [6, 6.07) is 8.13. The Hall–Kier alpha value is -1.65. The van der Waals surface area contributed by atoms with Crippen LogP contribution >= 0.6 is 0 Å². The Morgan fingerprint density at radius 2 is 2.23 bits per heavy atom. The smallest absolute Gasteiger partial charge is 0.250 e. The zero-order valence-corrected chi connectivity index (χ0v) is 13.1. The minimum Gasteiger partial charge on any atom is -0.305 e. The highest BCUT2D eigenvalue weighted by Gasteiger charge is 2.44. The molecule has 2 fully saturated rings. The van der Waals surface area contributed by atoms with Crippen LogP contribution < -0.4 is 4.90 Å². The summed E-state index contributed by atoms with van der Waals surface area (Å²) in [5.41, 5.74) is 1.85. The maximum absolute atomic E-state index is 12.5. The van der Waals surface area contributed by atoms with Crippen molar-refractivity contribution in [3.05, 3.63) is 42.5 Å². The van der Waals surface area contributed by atoms with Gasteiger partial charge in [-0.1, -0.05) is 24.8 Å². The van der Waals surface area contributed by atoms with Gasteiger partial charge < -0.3 is 4.90 Å². The molecule has 1 aliphatic carbocycles. The summed E-state index contributed by atoms with van der Waals surface area (Å²) in [7, 11) is 0. The molecule has 1 aromatic carbocycles. The van der Waals surface area contributed by atoms with Crippen molar-refractivity contribution < 1.29 is 14.6 Å². The summed E-state index contributed by atoms with van der Waals surface area (Å²) in [5.74, 6) is -0.0461. The summed E-state index contributed by atoms with van der Waals surface area (Å²) in [4.78, 5) is 25.1. The molecule has 2 unspecified atom stereocenters. The largest absolute Gasteiger partial charge is 0.305 e. The molecule has 3 rings (SSSR count). The van der Waals surface area contributed by atoms with Gasteiger partial charge in [0.2, 0.25) is 0 Å². The molecule has 0 N–H and O–H groups in total. The minimum atomic E-state index is -0.217. The average Bonchev–Trinajstić information content (AvgIpc) is 2.97. The topological polar surface area (TPSA) is 38.8 Å². The van der Waals surface area contributed by atoms with Crippen LogP contribution in [0.15, 0.2) is 36.9 Å². The number of hydrogen-bond acceptors (Lipinski definition) is 3. The third kappa shape index (κ3) is 2.81. The molecule has 2 atom stereocenters. The summed E-state index contributed by atoms with van der Waals surface area (Å²) in [6.45, 7) is 6.35. The number of amides is 1. The van der Waals surface area contributed by atoms with Crippen molar-refractivity contribution in [2.24, 2.45) is 0 Å². The van der Waals surface area contributed by atoms with Crippen molar-refractivity contribution in [1.82, 2.24) is 0 Å². The zero-order valence-electron chi connectivity index (χ0n) is 13.1. The SMILES string of the molecule is C=CC(=O)N(c1ccccc1C)C1CCCC2(CCOO2)C1. The summed E-state index contributed by atoms with van der Waals surface area (Å²) in [5, 5.41) is 0. The van der Waals surface area contributed by atoms with Crippen LogP contribution in [0.2, 0.25) is 0 Å². The second-order valence-electron chi connectivity index (χ2n) is 6.29. The fourth-order valence-electron chi connectivity index (χ4n) is 3.68. The summed E-state index contributed by atoms with van der Waals surface area (Å²) >= 11 is 0. The van der Waals surface area contributed by atoms with E-state index in [4.69, 9.17) is 9.78 Å². The second kappa shape index (κ2) is 6.23. The molecule has 4 nitrogen and oxygen atoms in total. The van der Waals surface area contributed by atoms with Crippen LogP contribution in [0.5, 0.6) is 0 Å². The molecule has 1 aromatic rings. The predicted octanol–water partition coefficient (Wildman–Crippen LogP) is 3.55. The van der Waals surface area contributed by atoms with E-state index in [9.17, 15) is 4.79 Å². The lowest BCUT2D eigenvalue weighted by Crippen LogP contribution is -2.48. The Labute approximate surface area is 131 Å². The number of hydrogen-bond donors (Lipinski definition) is 0. The highest BCUT2D eigenvalue weighted by Crippen LogP contribution is 2.41. The Morgan fingerprint density at radius 3 is 2.91 bits per heavy atom. The van der Waals surface area contributed by atoms with Crippen LogP contribution in [0.4, 0.5) is 5.69 Å². The first-order valence-electron chi connectivity index (χ1n) is 7.97. The molecule has 0 bridgehead atoms. The van der Waals surface area contributed by atoms with E-state index in [0.717, 1.165) is 43.4 Å². The molecule has 2 aliphatic rings. The van der Waals surface area contributed by atoms with Gasteiger partial charge in [0.05, 0.1) is 6.61 Å². The molecule has 22 heavy (non-hydrogen) atoms. The van der Waals surface area contributed by atoms with E-state index in [1.165, 1.54) is 6.08 Å². The van der Waals surface area contributed by atoms with E-state index < -0.39 is 0 Å². The number of carbonyl (C=O) groups excluding carboxylic acids is 1. The van der Waals surface area contributed by atoms with Crippen LogP contribution in [0.3, 0.4) is 0 Å². The molecule has 4 heteroatoms. The first-order chi connectivity index (χ1) is 10.7. The Kier molecular flexibility index (Phi) is 4.32. The fourth-order valence-corrected chi connectivity index (χ4v) is 3.68.